The molecule has 0 saturated carbocycles. The third-order valence-electron chi connectivity index (χ3n) is 4.03. The Morgan fingerprint density at radius 1 is 1.30 bits per heavy atom. The largest absolute Gasteiger partial charge is 0.364 e. The topological polar surface area (TPSA) is 130 Å². The lowest BCUT2D eigenvalue weighted by Crippen LogP contribution is -2.53. The van der Waals surface area contributed by atoms with Crippen molar-refractivity contribution >= 4 is 16.0 Å². The van der Waals surface area contributed by atoms with Crippen molar-refractivity contribution in [3.63, 3.8) is 0 Å². The Bertz CT molecular complexity index is 855. The molecule has 1 aliphatic rings. The van der Waals surface area contributed by atoms with E-state index in [-0.39, 0.29) is 5.75 Å². The van der Waals surface area contributed by atoms with Gasteiger partial charge in [-0.1, -0.05) is 10.3 Å². The van der Waals surface area contributed by atoms with E-state index in [1.165, 1.54) is 10.6 Å². The van der Waals surface area contributed by atoms with Gasteiger partial charge in [-0.3, -0.25) is 0 Å². The van der Waals surface area contributed by atoms with Crippen molar-refractivity contribution in [3.05, 3.63) is 29.7 Å². The van der Waals surface area contributed by atoms with Crippen LogP contribution in [0.4, 0.5) is 0 Å². The highest BCUT2D eigenvalue weighted by Crippen LogP contribution is 2.13. The molecule has 0 aromatic carbocycles. The maximum Gasteiger partial charge on any atom is 0.223 e. The highest BCUT2D eigenvalue weighted by Gasteiger charge is 2.29. The monoisotopic (exact) mass is 397 g/mol. The molecule has 27 heavy (non-hydrogen) atoms. The lowest BCUT2D eigenvalue weighted by Gasteiger charge is -2.35. The molecule has 1 fully saturated rings. The molecule has 148 valence electrons. The van der Waals surface area contributed by atoms with E-state index >= 15 is 0 Å². The second-order valence-corrected chi connectivity index (χ2v) is 8.00. The zero-order valence-corrected chi connectivity index (χ0v) is 16.1. The van der Waals surface area contributed by atoms with Crippen LogP contribution in [0.5, 0.6) is 0 Å². The maximum absolute atomic E-state index is 12.5. The molecule has 0 amide bonds. The van der Waals surface area contributed by atoms with Crippen LogP contribution in [0.15, 0.2) is 26.4 Å². The third-order valence-corrected chi connectivity index (χ3v) is 5.84. The molecule has 0 unspecified atom stereocenters. The van der Waals surface area contributed by atoms with Crippen LogP contribution in [0.2, 0.25) is 0 Å². The molecule has 12 heteroatoms. The van der Waals surface area contributed by atoms with Crippen LogP contribution >= 0.6 is 0 Å². The summed E-state index contributed by atoms with van der Waals surface area (Å²) in [5.74, 6) is 1.55. The summed E-state index contributed by atoms with van der Waals surface area (Å²) in [6, 6.07) is 1.56. The van der Waals surface area contributed by atoms with Gasteiger partial charge < -0.3 is 19.3 Å². The Kier molecular flexibility index (Phi) is 6.06. The van der Waals surface area contributed by atoms with Gasteiger partial charge >= 0.3 is 0 Å². The number of rotatable bonds is 6. The second-order valence-electron chi connectivity index (χ2n) is 6.03. The van der Waals surface area contributed by atoms with E-state index in [4.69, 9.17) is 9.05 Å². The predicted molar refractivity (Wildman–Crippen MR) is 96.1 cm³/mol. The Hall–Kier alpha value is -2.47. The van der Waals surface area contributed by atoms with Gasteiger partial charge in [0.25, 0.3) is 0 Å². The number of piperazine rings is 1. The van der Waals surface area contributed by atoms with Crippen molar-refractivity contribution in [2.75, 3.05) is 32.7 Å². The van der Waals surface area contributed by atoms with Gasteiger partial charge in [-0.25, -0.2) is 13.4 Å². The van der Waals surface area contributed by atoms with Gasteiger partial charge in [0, 0.05) is 45.7 Å². The first-order chi connectivity index (χ1) is 13.0. The molecular formula is C15H23N7O4S. The van der Waals surface area contributed by atoms with Crippen LogP contribution in [0.25, 0.3) is 0 Å². The summed E-state index contributed by atoms with van der Waals surface area (Å²) >= 11 is 0. The standard InChI is InChI=1S/C15H23N7O4S/c1-3-16-15(17-10-14-18-12(2)26-20-14)21-5-7-22(8-6-21)27(23,24)11-13-4-9-25-19-13/h4,9H,3,5-8,10-11H2,1-2H3,(H,16,17). The molecule has 2 aromatic rings. The van der Waals surface area contributed by atoms with E-state index in [1.807, 2.05) is 11.8 Å². The molecular weight excluding hydrogens is 374 g/mol. The van der Waals surface area contributed by atoms with Crippen LogP contribution in [-0.4, -0.2) is 71.6 Å². The maximum atomic E-state index is 12.5. The van der Waals surface area contributed by atoms with Crippen molar-refractivity contribution in [3.8, 4) is 0 Å². The zero-order valence-electron chi connectivity index (χ0n) is 15.3. The summed E-state index contributed by atoms with van der Waals surface area (Å²) in [7, 11) is -3.43. The van der Waals surface area contributed by atoms with Gasteiger partial charge in [0.15, 0.2) is 11.8 Å². The first kappa shape index (κ1) is 19.3. The molecule has 3 heterocycles. The number of sulfonamides is 1. The minimum Gasteiger partial charge on any atom is -0.364 e. The molecule has 0 spiro atoms. The van der Waals surface area contributed by atoms with Crippen molar-refractivity contribution in [2.45, 2.75) is 26.1 Å². The number of nitrogens with zero attached hydrogens (tertiary/aromatic N) is 6. The number of hydrogen-bond donors (Lipinski definition) is 1. The average Bonchev–Trinajstić information content (AvgIpc) is 3.30. The van der Waals surface area contributed by atoms with E-state index < -0.39 is 10.0 Å². The van der Waals surface area contributed by atoms with Crippen molar-refractivity contribution in [2.24, 2.45) is 4.99 Å². The Morgan fingerprint density at radius 3 is 2.67 bits per heavy atom. The lowest BCUT2D eigenvalue weighted by atomic mass is 10.4. The molecule has 11 nitrogen and oxygen atoms in total. The van der Waals surface area contributed by atoms with E-state index in [1.54, 1.807) is 13.0 Å². The smallest absolute Gasteiger partial charge is 0.223 e. The van der Waals surface area contributed by atoms with E-state index in [9.17, 15) is 8.42 Å². The van der Waals surface area contributed by atoms with Gasteiger partial charge in [-0.2, -0.15) is 9.29 Å². The third kappa shape index (κ3) is 5.04. The molecule has 0 atom stereocenters. The number of guanidine groups is 1. The fourth-order valence-corrected chi connectivity index (χ4v) is 4.17. The Balaban J connectivity index is 1.60. The van der Waals surface area contributed by atoms with Crippen molar-refractivity contribution in [1.29, 1.82) is 0 Å². The quantitative estimate of drug-likeness (QED) is 0.528. The van der Waals surface area contributed by atoms with Crippen LogP contribution in [0.3, 0.4) is 0 Å². The summed E-state index contributed by atoms with van der Waals surface area (Å²) < 4.78 is 36.2. The van der Waals surface area contributed by atoms with E-state index in [0.29, 0.717) is 62.6 Å². The van der Waals surface area contributed by atoms with Crippen LogP contribution in [0, 0.1) is 6.92 Å². The van der Waals surface area contributed by atoms with Gasteiger partial charge in [0.1, 0.15) is 18.6 Å². The van der Waals surface area contributed by atoms with Gasteiger partial charge in [0.05, 0.1) is 5.69 Å². The SMILES string of the molecule is CCNC(=NCc1noc(C)n1)N1CCN(S(=O)(=O)Cc2ccon2)CC1. The average molecular weight is 397 g/mol. The molecule has 1 N–H and O–H groups in total. The fraction of sp³-hybridized carbons (Fsp3) is 0.600. The van der Waals surface area contributed by atoms with E-state index in [2.05, 4.69) is 25.6 Å². The molecule has 0 aliphatic carbocycles. The summed E-state index contributed by atoms with van der Waals surface area (Å²) in [6.07, 6.45) is 1.37. The highest BCUT2D eigenvalue weighted by molar-refractivity contribution is 7.88. The van der Waals surface area contributed by atoms with Gasteiger partial charge in [-0.15, -0.1) is 0 Å². The van der Waals surface area contributed by atoms with E-state index in [0.717, 1.165) is 0 Å². The number of aryl methyl sites for hydroxylation is 1. The number of nitrogens with one attached hydrogen (secondary N) is 1. The second kappa shape index (κ2) is 8.48. The summed E-state index contributed by atoms with van der Waals surface area (Å²) in [5, 5.41) is 10.7. The first-order valence-electron chi connectivity index (χ1n) is 8.67. The highest BCUT2D eigenvalue weighted by atomic mass is 32.2. The minimum absolute atomic E-state index is 0.158. The van der Waals surface area contributed by atoms with Crippen LogP contribution in [-0.2, 0) is 22.3 Å². The zero-order chi connectivity index (χ0) is 19.3. The van der Waals surface area contributed by atoms with Crippen LogP contribution in [0.1, 0.15) is 24.3 Å². The summed E-state index contributed by atoms with van der Waals surface area (Å²) in [5.41, 5.74) is 0.405. The number of hydrogen-bond acceptors (Lipinski definition) is 8. The van der Waals surface area contributed by atoms with Gasteiger partial charge in [0.2, 0.25) is 15.9 Å². The number of aromatic nitrogens is 3. The Morgan fingerprint density at radius 2 is 2.07 bits per heavy atom. The normalized spacial score (nSPS) is 16.7. The minimum atomic E-state index is -3.43. The summed E-state index contributed by atoms with van der Waals surface area (Å²) in [6.45, 7) is 6.54. The number of aliphatic imine (C=N–C) groups is 1. The fourth-order valence-electron chi connectivity index (χ4n) is 2.75. The van der Waals surface area contributed by atoms with Crippen molar-refractivity contribution < 1.29 is 17.5 Å². The molecule has 1 saturated heterocycles. The van der Waals surface area contributed by atoms with Gasteiger partial charge in [-0.05, 0) is 6.92 Å². The predicted octanol–water partition coefficient (Wildman–Crippen LogP) is -0.0209. The first-order valence-corrected chi connectivity index (χ1v) is 10.3. The molecule has 0 radical (unpaired) electrons. The van der Waals surface area contributed by atoms with Crippen LogP contribution < -0.4 is 5.32 Å². The Labute approximate surface area is 157 Å². The molecule has 2 aromatic heterocycles. The molecule has 1 aliphatic heterocycles. The molecule has 0 bridgehead atoms. The van der Waals surface area contributed by atoms with Crippen molar-refractivity contribution in [1.82, 2.24) is 29.8 Å². The lowest BCUT2D eigenvalue weighted by molar-refractivity contribution is 0.259. The molecule has 3 rings (SSSR count). The summed E-state index contributed by atoms with van der Waals surface area (Å²) in [4.78, 5) is 10.7.